The van der Waals surface area contributed by atoms with Gasteiger partial charge in [0.05, 0.1) is 26.7 Å². The smallest absolute Gasteiger partial charge is 0.161 e. The van der Waals surface area contributed by atoms with Gasteiger partial charge in [0.2, 0.25) is 0 Å². The van der Waals surface area contributed by atoms with E-state index >= 15 is 0 Å². The number of benzene rings is 3. The molecule has 0 saturated carbocycles. The van der Waals surface area contributed by atoms with Gasteiger partial charge in [-0.05, 0) is 83.6 Å². The minimum atomic E-state index is 0.272. The predicted octanol–water partition coefficient (Wildman–Crippen LogP) is 5.01. The number of ether oxygens (including phenoxy) is 2. The molecule has 1 unspecified atom stereocenters. The number of methoxy groups -OCH3 is 2. The molecule has 1 aliphatic rings. The van der Waals surface area contributed by atoms with E-state index in [4.69, 9.17) is 20.5 Å². The van der Waals surface area contributed by atoms with Crippen molar-refractivity contribution in [3.05, 3.63) is 64.7 Å². The second-order valence-corrected chi connectivity index (χ2v) is 8.18. The Morgan fingerprint density at radius 3 is 2.61 bits per heavy atom. The van der Waals surface area contributed by atoms with Crippen LogP contribution in [0.25, 0.3) is 10.8 Å². The van der Waals surface area contributed by atoms with Crippen LogP contribution in [0.5, 0.6) is 11.5 Å². The fraction of sp³-hybridized carbons (Fsp3) is 0.346. The largest absolute Gasteiger partial charge is 0.493 e. The molecule has 1 heterocycles. The van der Waals surface area contributed by atoms with E-state index in [2.05, 4.69) is 48.2 Å². The standard InChI is InChI=1S/C26H29N3O2/c1-17-23-15-26(31-3)25(30-2)14-19(23)5-4-12-29(17)16-18-6-8-21-20(13-18)7-9-24(28)22(21)10-11-27/h6-9,13-15,17H,4-5,10,12,16,28H2,1-3H3. The van der Waals surface area contributed by atoms with Gasteiger partial charge in [0, 0.05) is 18.3 Å². The summed E-state index contributed by atoms with van der Waals surface area (Å²) in [6.45, 7) is 4.16. The Morgan fingerprint density at radius 2 is 1.87 bits per heavy atom. The van der Waals surface area contributed by atoms with Gasteiger partial charge in [-0.1, -0.05) is 18.2 Å². The zero-order valence-electron chi connectivity index (χ0n) is 18.4. The highest BCUT2D eigenvalue weighted by atomic mass is 16.5. The number of nitriles is 1. The van der Waals surface area contributed by atoms with Crippen molar-refractivity contribution in [3.8, 4) is 17.6 Å². The third-order valence-corrected chi connectivity index (χ3v) is 6.41. The zero-order valence-corrected chi connectivity index (χ0v) is 18.4. The zero-order chi connectivity index (χ0) is 22.0. The molecule has 0 fully saturated rings. The minimum Gasteiger partial charge on any atom is -0.493 e. The molecule has 3 aromatic rings. The van der Waals surface area contributed by atoms with Crippen LogP contribution in [-0.2, 0) is 19.4 Å². The highest BCUT2D eigenvalue weighted by molar-refractivity contribution is 5.90. The van der Waals surface area contributed by atoms with E-state index in [1.165, 1.54) is 16.7 Å². The van der Waals surface area contributed by atoms with Crippen LogP contribution in [0.1, 0.15) is 41.6 Å². The second kappa shape index (κ2) is 8.87. The topological polar surface area (TPSA) is 71.5 Å². The van der Waals surface area contributed by atoms with Crippen molar-refractivity contribution in [1.29, 1.82) is 5.26 Å². The van der Waals surface area contributed by atoms with E-state index in [0.29, 0.717) is 12.1 Å². The number of nitrogens with two attached hydrogens (primary N) is 1. The van der Waals surface area contributed by atoms with Gasteiger partial charge in [-0.2, -0.15) is 5.26 Å². The maximum Gasteiger partial charge on any atom is 0.161 e. The summed E-state index contributed by atoms with van der Waals surface area (Å²) < 4.78 is 11.1. The van der Waals surface area contributed by atoms with Crippen molar-refractivity contribution in [2.45, 2.75) is 38.8 Å². The molecular formula is C26H29N3O2. The quantitative estimate of drug-likeness (QED) is 0.593. The molecule has 0 amide bonds. The van der Waals surface area contributed by atoms with Crippen molar-refractivity contribution in [1.82, 2.24) is 4.90 Å². The summed E-state index contributed by atoms with van der Waals surface area (Å²) >= 11 is 0. The van der Waals surface area contributed by atoms with Crippen molar-refractivity contribution >= 4 is 16.5 Å². The average molecular weight is 416 g/mol. The van der Waals surface area contributed by atoms with E-state index < -0.39 is 0 Å². The van der Waals surface area contributed by atoms with Crippen LogP contribution in [0.2, 0.25) is 0 Å². The highest BCUT2D eigenvalue weighted by Crippen LogP contribution is 2.38. The van der Waals surface area contributed by atoms with Crippen molar-refractivity contribution < 1.29 is 9.47 Å². The maximum atomic E-state index is 9.15. The van der Waals surface area contributed by atoms with Crippen LogP contribution in [0.15, 0.2) is 42.5 Å². The summed E-state index contributed by atoms with van der Waals surface area (Å²) in [4.78, 5) is 2.52. The SMILES string of the molecule is COc1cc2c(cc1OC)C(C)N(Cc1ccc3c(CC#N)c(N)ccc3c1)CCC2. The van der Waals surface area contributed by atoms with Crippen LogP contribution < -0.4 is 15.2 Å². The first-order valence-electron chi connectivity index (χ1n) is 10.7. The van der Waals surface area contributed by atoms with Gasteiger partial charge in [0.25, 0.3) is 0 Å². The Morgan fingerprint density at radius 1 is 1.10 bits per heavy atom. The first-order valence-corrected chi connectivity index (χ1v) is 10.7. The molecule has 3 aromatic carbocycles. The van der Waals surface area contributed by atoms with Gasteiger partial charge >= 0.3 is 0 Å². The Balaban J connectivity index is 1.64. The molecular weight excluding hydrogens is 386 g/mol. The van der Waals surface area contributed by atoms with Crippen LogP contribution >= 0.6 is 0 Å². The molecule has 160 valence electrons. The lowest BCUT2D eigenvalue weighted by molar-refractivity contribution is 0.205. The monoisotopic (exact) mass is 415 g/mol. The van der Waals surface area contributed by atoms with Gasteiger partial charge < -0.3 is 15.2 Å². The summed E-state index contributed by atoms with van der Waals surface area (Å²) in [6, 6.07) is 17.2. The van der Waals surface area contributed by atoms with Gasteiger partial charge in [0.1, 0.15) is 0 Å². The molecule has 0 saturated heterocycles. The molecule has 0 radical (unpaired) electrons. The van der Waals surface area contributed by atoms with Gasteiger partial charge in [0.15, 0.2) is 11.5 Å². The van der Waals surface area contributed by atoms with E-state index in [9.17, 15) is 0 Å². The fourth-order valence-corrected chi connectivity index (χ4v) is 4.69. The van der Waals surface area contributed by atoms with E-state index in [1.54, 1.807) is 14.2 Å². The Bertz CT molecular complexity index is 1150. The van der Waals surface area contributed by atoms with Crippen LogP contribution in [0, 0.1) is 11.3 Å². The van der Waals surface area contributed by atoms with E-state index in [-0.39, 0.29) is 6.04 Å². The van der Waals surface area contributed by atoms with Crippen LogP contribution in [0.3, 0.4) is 0 Å². The molecule has 5 nitrogen and oxygen atoms in total. The normalized spacial score (nSPS) is 16.4. The maximum absolute atomic E-state index is 9.15. The van der Waals surface area contributed by atoms with Gasteiger partial charge in [-0.25, -0.2) is 0 Å². The number of hydrogen-bond acceptors (Lipinski definition) is 5. The number of hydrogen-bond donors (Lipinski definition) is 1. The minimum absolute atomic E-state index is 0.272. The highest BCUT2D eigenvalue weighted by Gasteiger charge is 2.24. The molecule has 0 aromatic heterocycles. The lowest BCUT2D eigenvalue weighted by atomic mass is 9.97. The molecule has 2 N–H and O–H groups in total. The second-order valence-electron chi connectivity index (χ2n) is 8.18. The molecule has 0 bridgehead atoms. The predicted molar refractivity (Wildman–Crippen MR) is 124 cm³/mol. The van der Waals surface area contributed by atoms with Crippen molar-refractivity contribution in [2.24, 2.45) is 0 Å². The van der Waals surface area contributed by atoms with Crippen LogP contribution in [-0.4, -0.2) is 25.7 Å². The summed E-state index contributed by atoms with van der Waals surface area (Å²) in [6.07, 6.45) is 2.46. The molecule has 31 heavy (non-hydrogen) atoms. The van der Waals surface area contributed by atoms with Gasteiger partial charge in [-0.3, -0.25) is 4.90 Å². The Kier molecular flexibility index (Phi) is 6.01. The number of anilines is 1. The van der Waals surface area contributed by atoms with E-state index in [0.717, 1.165) is 53.8 Å². The third-order valence-electron chi connectivity index (χ3n) is 6.41. The summed E-state index contributed by atoms with van der Waals surface area (Å²) in [5.41, 5.74) is 11.6. The molecule has 0 aliphatic carbocycles. The number of fused-ring (bicyclic) bond motifs is 2. The summed E-state index contributed by atoms with van der Waals surface area (Å²) in [5.74, 6) is 1.58. The van der Waals surface area contributed by atoms with Crippen molar-refractivity contribution in [2.75, 3.05) is 26.5 Å². The number of nitrogens with zero attached hydrogens (tertiary/aromatic N) is 2. The molecule has 5 heteroatoms. The lowest BCUT2D eigenvalue weighted by Crippen LogP contribution is -2.26. The van der Waals surface area contributed by atoms with Crippen LogP contribution in [0.4, 0.5) is 5.69 Å². The third kappa shape index (κ3) is 4.04. The van der Waals surface area contributed by atoms with Crippen molar-refractivity contribution in [3.63, 3.8) is 0 Å². The number of nitrogen functional groups attached to an aromatic ring is 1. The fourth-order valence-electron chi connectivity index (χ4n) is 4.69. The van der Waals surface area contributed by atoms with Gasteiger partial charge in [-0.15, -0.1) is 0 Å². The summed E-state index contributed by atoms with van der Waals surface area (Å²) in [5, 5.41) is 11.3. The molecule has 1 aliphatic heterocycles. The summed E-state index contributed by atoms with van der Waals surface area (Å²) in [7, 11) is 3.37. The molecule has 4 rings (SSSR count). The average Bonchev–Trinajstić information content (AvgIpc) is 2.93. The first-order chi connectivity index (χ1) is 15.0. The molecule has 0 spiro atoms. The lowest BCUT2D eigenvalue weighted by Gasteiger charge is -2.29. The number of aryl methyl sites for hydroxylation is 1. The Labute approximate surface area is 184 Å². The first kappa shape index (κ1) is 21.0. The molecule has 1 atom stereocenters. The number of rotatable bonds is 5. The van der Waals surface area contributed by atoms with E-state index in [1.807, 2.05) is 12.1 Å². The Hall–Kier alpha value is -3.23.